The molecule has 0 bridgehead atoms. The summed E-state index contributed by atoms with van der Waals surface area (Å²) in [4.78, 5) is 14.5. The van der Waals surface area contributed by atoms with E-state index in [4.69, 9.17) is 14.0 Å². The van der Waals surface area contributed by atoms with E-state index in [0.29, 0.717) is 18.8 Å². The van der Waals surface area contributed by atoms with Crippen molar-refractivity contribution in [3.8, 4) is 5.75 Å². The zero-order valence-electron chi connectivity index (χ0n) is 16.1. The number of hydrogen-bond acceptors (Lipinski definition) is 4. The van der Waals surface area contributed by atoms with Gasteiger partial charge in [-0.15, -0.1) is 0 Å². The molecule has 0 radical (unpaired) electrons. The van der Waals surface area contributed by atoms with Crippen molar-refractivity contribution in [3.63, 3.8) is 0 Å². The Hall–Kier alpha value is -1.60. The number of carbonyl (C=O) groups is 1. The van der Waals surface area contributed by atoms with Crippen molar-refractivity contribution in [2.24, 2.45) is 0 Å². The van der Waals surface area contributed by atoms with Crippen LogP contribution in [0.5, 0.6) is 5.75 Å². The van der Waals surface area contributed by atoms with Crippen molar-refractivity contribution in [1.29, 1.82) is 0 Å². The molecule has 26 heavy (non-hydrogen) atoms. The minimum absolute atomic E-state index is 0.103. The number of halogens is 1. The molecule has 0 aromatic heterocycles. The van der Waals surface area contributed by atoms with Gasteiger partial charge in [0.15, 0.2) is 6.10 Å². The van der Waals surface area contributed by atoms with Gasteiger partial charge in [-0.3, -0.25) is 4.79 Å². The molecule has 2 fully saturated rings. The second kappa shape index (κ2) is 6.85. The van der Waals surface area contributed by atoms with E-state index >= 15 is 0 Å². The van der Waals surface area contributed by atoms with Gasteiger partial charge in [0, 0.05) is 25.0 Å². The van der Waals surface area contributed by atoms with Gasteiger partial charge in [0.2, 0.25) is 0 Å². The molecule has 2 aliphatic rings. The SMILES string of the molecule is CC(Oc1cccc(F)c1)C(=O)N1CCC(B2OC(C)(C)C(C)(C)O2)C1. The summed E-state index contributed by atoms with van der Waals surface area (Å²) in [6.07, 6.45) is 0.156. The number of amides is 1. The summed E-state index contributed by atoms with van der Waals surface area (Å²) < 4.78 is 31.1. The Balaban J connectivity index is 1.57. The van der Waals surface area contributed by atoms with Gasteiger partial charge in [0.25, 0.3) is 5.91 Å². The Morgan fingerprint density at radius 3 is 2.58 bits per heavy atom. The van der Waals surface area contributed by atoms with E-state index in [0.717, 1.165) is 6.42 Å². The number of carbonyl (C=O) groups excluding carboxylic acids is 1. The van der Waals surface area contributed by atoms with Gasteiger partial charge in [-0.1, -0.05) is 6.07 Å². The van der Waals surface area contributed by atoms with E-state index in [-0.39, 0.29) is 35.9 Å². The molecule has 7 heteroatoms. The Labute approximate surface area is 154 Å². The van der Waals surface area contributed by atoms with E-state index in [9.17, 15) is 9.18 Å². The average Bonchev–Trinajstić information content (AvgIpc) is 3.10. The first-order chi connectivity index (χ1) is 12.1. The topological polar surface area (TPSA) is 48.0 Å². The van der Waals surface area contributed by atoms with Crippen molar-refractivity contribution >= 4 is 13.0 Å². The number of likely N-dealkylation sites (tertiary alicyclic amines) is 1. The Morgan fingerprint density at radius 2 is 1.96 bits per heavy atom. The van der Waals surface area contributed by atoms with Crippen molar-refractivity contribution in [1.82, 2.24) is 4.90 Å². The highest BCUT2D eigenvalue weighted by molar-refractivity contribution is 6.47. The molecule has 1 aromatic carbocycles. The smallest absolute Gasteiger partial charge is 0.463 e. The third kappa shape index (κ3) is 3.74. The first kappa shape index (κ1) is 19.2. The van der Waals surface area contributed by atoms with Crippen LogP contribution >= 0.6 is 0 Å². The number of hydrogen-bond donors (Lipinski definition) is 0. The highest BCUT2D eigenvalue weighted by Gasteiger charge is 2.54. The van der Waals surface area contributed by atoms with Crippen LogP contribution < -0.4 is 4.74 Å². The number of nitrogens with zero attached hydrogens (tertiary/aromatic N) is 1. The van der Waals surface area contributed by atoms with Crippen molar-refractivity contribution in [2.45, 2.75) is 64.2 Å². The molecule has 3 rings (SSSR count). The zero-order chi connectivity index (χ0) is 19.1. The lowest BCUT2D eigenvalue weighted by Crippen LogP contribution is -2.41. The lowest BCUT2D eigenvalue weighted by molar-refractivity contribution is -0.136. The van der Waals surface area contributed by atoms with Gasteiger partial charge in [0.1, 0.15) is 11.6 Å². The maximum absolute atomic E-state index is 13.3. The molecule has 1 amide bonds. The Bertz CT molecular complexity index is 665. The highest BCUT2D eigenvalue weighted by atomic mass is 19.1. The molecule has 0 saturated carbocycles. The largest absolute Gasteiger partial charge is 0.481 e. The fourth-order valence-electron chi connectivity index (χ4n) is 3.34. The second-order valence-corrected chi connectivity index (χ2v) is 8.18. The van der Waals surface area contributed by atoms with Crippen LogP contribution in [0.1, 0.15) is 41.0 Å². The fourth-order valence-corrected chi connectivity index (χ4v) is 3.34. The van der Waals surface area contributed by atoms with E-state index in [1.807, 2.05) is 27.7 Å². The third-order valence-corrected chi connectivity index (χ3v) is 5.65. The molecule has 2 unspecified atom stereocenters. The van der Waals surface area contributed by atoms with E-state index in [2.05, 4.69) is 0 Å². The van der Waals surface area contributed by atoms with Gasteiger partial charge in [-0.25, -0.2) is 4.39 Å². The minimum atomic E-state index is -0.672. The van der Waals surface area contributed by atoms with Crippen LogP contribution in [0.15, 0.2) is 24.3 Å². The van der Waals surface area contributed by atoms with Crippen LogP contribution in [0.2, 0.25) is 5.82 Å². The maximum Gasteiger partial charge on any atom is 0.463 e. The summed E-state index contributed by atoms with van der Waals surface area (Å²) in [5.74, 6) is 0.00588. The molecule has 2 aliphatic heterocycles. The number of benzene rings is 1. The van der Waals surface area contributed by atoms with Crippen molar-refractivity contribution in [3.05, 3.63) is 30.1 Å². The molecule has 5 nitrogen and oxygen atoms in total. The van der Waals surface area contributed by atoms with Crippen LogP contribution in [0.4, 0.5) is 4.39 Å². The first-order valence-electron chi connectivity index (χ1n) is 9.16. The van der Waals surface area contributed by atoms with E-state index < -0.39 is 6.10 Å². The molecule has 0 N–H and O–H groups in total. The van der Waals surface area contributed by atoms with Gasteiger partial charge < -0.3 is 18.9 Å². The fraction of sp³-hybridized carbons (Fsp3) is 0.632. The Kier molecular flexibility index (Phi) is 5.05. The van der Waals surface area contributed by atoms with Crippen LogP contribution in [0.25, 0.3) is 0 Å². The van der Waals surface area contributed by atoms with E-state index in [1.165, 1.54) is 12.1 Å². The summed E-state index contributed by atoms with van der Waals surface area (Å²) in [5, 5.41) is 0. The summed E-state index contributed by atoms with van der Waals surface area (Å²) in [6, 6.07) is 5.83. The molecule has 0 aliphatic carbocycles. The highest BCUT2D eigenvalue weighted by Crippen LogP contribution is 2.42. The average molecular weight is 363 g/mol. The summed E-state index contributed by atoms with van der Waals surface area (Å²) >= 11 is 0. The molecule has 2 saturated heterocycles. The predicted octanol–water partition coefficient (Wildman–Crippen LogP) is 3.29. The van der Waals surface area contributed by atoms with Crippen molar-refractivity contribution < 1.29 is 23.2 Å². The number of ether oxygens (including phenoxy) is 1. The number of rotatable bonds is 4. The molecular weight excluding hydrogens is 336 g/mol. The normalized spacial score (nSPS) is 25.4. The standard InChI is InChI=1S/C19H27BFNO4/c1-13(24-16-8-6-7-15(21)11-16)17(23)22-10-9-14(12-22)20-25-18(2,3)19(4,5)26-20/h6-8,11,13-14H,9-10,12H2,1-5H3. The molecule has 2 atom stereocenters. The molecule has 1 aromatic rings. The molecule has 0 spiro atoms. The van der Waals surface area contributed by atoms with E-state index in [1.54, 1.807) is 24.0 Å². The van der Waals surface area contributed by atoms with Crippen LogP contribution in [-0.2, 0) is 14.1 Å². The second-order valence-electron chi connectivity index (χ2n) is 8.18. The van der Waals surface area contributed by atoms with Crippen LogP contribution in [-0.4, -0.2) is 48.3 Å². The van der Waals surface area contributed by atoms with Gasteiger partial charge >= 0.3 is 7.12 Å². The quantitative estimate of drug-likeness (QED) is 0.771. The molecule has 2 heterocycles. The zero-order valence-corrected chi connectivity index (χ0v) is 16.1. The summed E-state index contributed by atoms with van der Waals surface area (Å²) in [7, 11) is -0.308. The first-order valence-corrected chi connectivity index (χ1v) is 9.16. The maximum atomic E-state index is 13.3. The molecular formula is C19H27BFNO4. The van der Waals surface area contributed by atoms with Crippen molar-refractivity contribution in [2.75, 3.05) is 13.1 Å². The minimum Gasteiger partial charge on any atom is -0.481 e. The Morgan fingerprint density at radius 1 is 1.31 bits per heavy atom. The molecule has 142 valence electrons. The lowest BCUT2D eigenvalue weighted by Gasteiger charge is -2.32. The monoisotopic (exact) mass is 363 g/mol. The lowest BCUT2D eigenvalue weighted by atomic mass is 9.71. The predicted molar refractivity (Wildman–Crippen MR) is 97.5 cm³/mol. The summed E-state index contributed by atoms with van der Waals surface area (Å²) in [5.41, 5.74) is -0.744. The van der Waals surface area contributed by atoms with Gasteiger partial charge in [0.05, 0.1) is 11.2 Å². The van der Waals surface area contributed by atoms with Crippen LogP contribution in [0, 0.1) is 5.82 Å². The third-order valence-electron chi connectivity index (χ3n) is 5.65. The van der Waals surface area contributed by atoms with Gasteiger partial charge in [-0.05, 0) is 53.2 Å². The van der Waals surface area contributed by atoms with Gasteiger partial charge in [-0.2, -0.15) is 0 Å². The summed E-state index contributed by atoms with van der Waals surface area (Å²) in [6.45, 7) is 11.0. The van der Waals surface area contributed by atoms with Crippen LogP contribution in [0.3, 0.4) is 0 Å².